The molecule has 0 fully saturated rings. The molecule has 0 saturated carbocycles. The second-order valence-corrected chi connectivity index (χ2v) is 5.26. The summed E-state index contributed by atoms with van der Waals surface area (Å²) in [5, 5.41) is 3.43. The molecule has 2 nitrogen and oxygen atoms in total. The Morgan fingerprint density at radius 1 is 0.947 bits per heavy atom. The van der Waals surface area contributed by atoms with Crippen molar-refractivity contribution in [2.45, 2.75) is 52.9 Å². The highest BCUT2D eigenvalue weighted by molar-refractivity contribution is 5.33. The topological polar surface area (TPSA) is 21.3 Å². The van der Waals surface area contributed by atoms with Crippen molar-refractivity contribution in [1.29, 1.82) is 0 Å². The summed E-state index contributed by atoms with van der Waals surface area (Å²) >= 11 is 0. The van der Waals surface area contributed by atoms with E-state index in [0.29, 0.717) is 0 Å². The number of benzene rings is 1. The van der Waals surface area contributed by atoms with Crippen LogP contribution in [0, 0.1) is 13.8 Å². The predicted octanol–water partition coefficient (Wildman–Crippen LogP) is 4.24. The quantitative estimate of drug-likeness (QED) is 0.637. The smallest absolute Gasteiger partial charge is 0.119 e. The first-order valence-corrected chi connectivity index (χ1v) is 7.65. The minimum Gasteiger partial charge on any atom is -0.492 e. The molecule has 2 heteroatoms. The standard InChI is InChI=1S/C17H29NO/c1-4-5-6-7-8-11-18-12-13-19-17-10-9-15(2)16(3)14-17/h9-10,14,18H,4-8,11-13H2,1-3H3. The number of hydrogen-bond donors (Lipinski definition) is 1. The fourth-order valence-corrected chi connectivity index (χ4v) is 2.02. The lowest BCUT2D eigenvalue weighted by Gasteiger charge is -2.09. The molecule has 0 aliphatic carbocycles. The zero-order chi connectivity index (χ0) is 13.9. The zero-order valence-corrected chi connectivity index (χ0v) is 12.8. The average molecular weight is 263 g/mol. The lowest BCUT2D eigenvalue weighted by Crippen LogP contribution is -2.22. The van der Waals surface area contributed by atoms with E-state index in [-0.39, 0.29) is 0 Å². The van der Waals surface area contributed by atoms with Crippen LogP contribution in [0.1, 0.15) is 50.2 Å². The van der Waals surface area contributed by atoms with Crippen LogP contribution in [0.15, 0.2) is 18.2 Å². The van der Waals surface area contributed by atoms with Gasteiger partial charge < -0.3 is 10.1 Å². The van der Waals surface area contributed by atoms with Gasteiger partial charge in [-0.05, 0) is 50.1 Å². The Bertz CT molecular complexity index is 349. The highest BCUT2D eigenvalue weighted by Crippen LogP contribution is 2.15. The lowest BCUT2D eigenvalue weighted by molar-refractivity contribution is 0.313. The Morgan fingerprint density at radius 2 is 1.74 bits per heavy atom. The van der Waals surface area contributed by atoms with Gasteiger partial charge in [0.15, 0.2) is 0 Å². The lowest BCUT2D eigenvalue weighted by atomic mass is 10.1. The Labute approximate surface area is 118 Å². The van der Waals surface area contributed by atoms with Crippen molar-refractivity contribution in [2.24, 2.45) is 0 Å². The molecule has 19 heavy (non-hydrogen) atoms. The van der Waals surface area contributed by atoms with Gasteiger partial charge in [0.05, 0.1) is 0 Å². The molecule has 0 heterocycles. The van der Waals surface area contributed by atoms with Crippen molar-refractivity contribution in [3.63, 3.8) is 0 Å². The molecule has 0 aromatic heterocycles. The van der Waals surface area contributed by atoms with Crippen LogP contribution in [-0.2, 0) is 0 Å². The van der Waals surface area contributed by atoms with Crippen LogP contribution in [0.25, 0.3) is 0 Å². The summed E-state index contributed by atoms with van der Waals surface area (Å²) in [6.07, 6.45) is 6.69. The van der Waals surface area contributed by atoms with E-state index < -0.39 is 0 Å². The minimum atomic E-state index is 0.747. The van der Waals surface area contributed by atoms with Crippen LogP contribution in [-0.4, -0.2) is 19.7 Å². The van der Waals surface area contributed by atoms with Gasteiger partial charge in [-0.25, -0.2) is 0 Å². The van der Waals surface area contributed by atoms with Crippen LogP contribution in [0.5, 0.6) is 5.75 Å². The summed E-state index contributed by atoms with van der Waals surface area (Å²) in [5.74, 6) is 0.979. The van der Waals surface area contributed by atoms with E-state index in [1.807, 2.05) is 6.07 Å². The molecule has 0 spiro atoms. The fraction of sp³-hybridized carbons (Fsp3) is 0.647. The van der Waals surface area contributed by atoms with Crippen molar-refractivity contribution < 1.29 is 4.74 Å². The summed E-state index contributed by atoms with van der Waals surface area (Å²) in [6.45, 7) is 9.29. The summed E-state index contributed by atoms with van der Waals surface area (Å²) in [5.41, 5.74) is 2.61. The molecule has 0 radical (unpaired) electrons. The predicted molar refractivity (Wildman–Crippen MR) is 83.0 cm³/mol. The van der Waals surface area contributed by atoms with Gasteiger partial charge >= 0.3 is 0 Å². The van der Waals surface area contributed by atoms with Crippen molar-refractivity contribution in [3.8, 4) is 5.75 Å². The molecule has 0 bridgehead atoms. The molecule has 1 aromatic rings. The average Bonchev–Trinajstić information content (AvgIpc) is 2.41. The summed E-state index contributed by atoms with van der Waals surface area (Å²) in [4.78, 5) is 0. The number of nitrogens with one attached hydrogen (secondary N) is 1. The first-order valence-electron chi connectivity index (χ1n) is 7.65. The molecule has 0 aliphatic heterocycles. The highest BCUT2D eigenvalue weighted by atomic mass is 16.5. The van der Waals surface area contributed by atoms with E-state index in [1.165, 1.54) is 43.2 Å². The van der Waals surface area contributed by atoms with Gasteiger partial charge in [0.25, 0.3) is 0 Å². The van der Waals surface area contributed by atoms with E-state index in [2.05, 4.69) is 38.2 Å². The molecular formula is C17H29NO. The van der Waals surface area contributed by atoms with Crippen LogP contribution in [0.3, 0.4) is 0 Å². The number of ether oxygens (including phenoxy) is 1. The molecule has 1 N–H and O–H groups in total. The minimum absolute atomic E-state index is 0.747. The van der Waals surface area contributed by atoms with Gasteiger partial charge in [-0.15, -0.1) is 0 Å². The van der Waals surface area contributed by atoms with Crippen LogP contribution in [0.2, 0.25) is 0 Å². The molecule has 0 saturated heterocycles. The van der Waals surface area contributed by atoms with Crippen LogP contribution >= 0.6 is 0 Å². The molecule has 0 unspecified atom stereocenters. The molecule has 1 aromatic carbocycles. The maximum Gasteiger partial charge on any atom is 0.119 e. The van der Waals surface area contributed by atoms with Crippen molar-refractivity contribution in [2.75, 3.05) is 19.7 Å². The van der Waals surface area contributed by atoms with Crippen molar-refractivity contribution in [3.05, 3.63) is 29.3 Å². The Kier molecular flexibility index (Phi) is 8.31. The number of aryl methyl sites for hydroxylation is 2. The second-order valence-electron chi connectivity index (χ2n) is 5.26. The maximum absolute atomic E-state index is 5.72. The summed E-state index contributed by atoms with van der Waals surface area (Å²) < 4.78 is 5.72. The van der Waals surface area contributed by atoms with Crippen molar-refractivity contribution >= 4 is 0 Å². The Balaban J connectivity index is 2.00. The van der Waals surface area contributed by atoms with Gasteiger partial charge in [0, 0.05) is 6.54 Å². The molecule has 108 valence electrons. The normalized spacial score (nSPS) is 10.7. The van der Waals surface area contributed by atoms with Gasteiger partial charge in [-0.1, -0.05) is 38.7 Å². The van der Waals surface area contributed by atoms with E-state index in [4.69, 9.17) is 4.74 Å². The molecule has 0 aliphatic rings. The van der Waals surface area contributed by atoms with E-state index in [9.17, 15) is 0 Å². The number of rotatable bonds is 10. The molecular weight excluding hydrogens is 234 g/mol. The van der Waals surface area contributed by atoms with Gasteiger partial charge in [0.2, 0.25) is 0 Å². The van der Waals surface area contributed by atoms with E-state index in [1.54, 1.807) is 0 Å². The maximum atomic E-state index is 5.72. The molecule has 1 rings (SSSR count). The molecule has 0 amide bonds. The zero-order valence-electron chi connectivity index (χ0n) is 12.8. The Hall–Kier alpha value is -1.02. The van der Waals surface area contributed by atoms with E-state index in [0.717, 1.165) is 25.4 Å². The second kappa shape index (κ2) is 9.85. The first-order chi connectivity index (χ1) is 9.24. The van der Waals surface area contributed by atoms with Gasteiger partial charge in [-0.3, -0.25) is 0 Å². The third kappa shape index (κ3) is 7.22. The number of hydrogen-bond acceptors (Lipinski definition) is 2. The summed E-state index contributed by atoms with van der Waals surface area (Å²) in [6, 6.07) is 6.28. The first kappa shape index (κ1) is 16.0. The third-order valence-electron chi connectivity index (χ3n) is 3.48. The molecule has 0 atom stereocenters. The SMILES string of the molecule is CCCCCCCNCCOc1ccc(C)c(C)c1. The fourth-order valence-electron chi connectivity index (χ4n) is 2.02. The van der Waals surface area contributed by atoms with E-state index >= 15 is 0 Å². The number of unbranched alkanes of at least 4 members (excludes halogenated alkanes) is 4. The Morgan fingerprint density at radius 3 is 2.47 bits per heavy atom. The van der Waals surface area contributed by atoms with Crippen LogP contribution in [0.4, 0.5) is 0 Å². The third-order valence-corrected chi connectivity index (χ3v) is 3.48. The van der Waals surface area contributed by atoms with Gasteiger partial charge in [-0.2, -0.15) is 0 Å². The van der Waals surface area contributed by atoms with Crippen molar-refractivity contribution in [1.82, 2.24) is 5.32 Å². The van der Waals surface area contributed by atoms with Crippen LogP contribution < -0.4 is 10.1 Å². The monoisotopic (exact) mass is 263 g/mol. The largest absolute Gasteiger partial charge is 0.492 e. The highest BCUT2D eigenvalue weighted by Gasteiger charge is 1.97. The summed E-state index contributed by atoms with van der Waals surface area (Å²) in [7, 11) is 0. The van der Waals surface area contributed by atoms with Gasteiger partial charge in [0.1, 0.15) is 12.4 Å².